The number of likely N-dealkylation sites (N-methyl/N-ethyl adjacent to an activating group) is 1. The summed E-state index contributed by atoms with van der Waals surface area (Å²) in [7, 11) is -4.02. The second kappa shape index (κ2) is 12.7. The molecule has 0 N–H and O–H groups in total. The number of carbonyl (C=O) groups is 1. The molecule has 2 amide bonds. The molecular formula is C26H36ClN5O3S. The number of nitrogens with zero attached hydrogens (tertiary/aromatic N) is 5. The summed E-state index contributed by atoms with van der Waals surface area (Å²) in [6, 6.07) is 16.5. The Bertz CT molecular complexity index is 1130. The number of hydrogen-bond donors (Lipinski definition) is 0. The van der Waals surface area contributed by atoms with Crippen LogP contribution in [-0.2, 0) is 10.2 Å². The largest absolute Gasteiger partial charge is 0.355 e. The summed E-state index contributed by atoms with van der Waals surface area (Å²) in [4.78, 5) is 15.9. The minimum absolute atomic E-state index is 0.0532. The smallest absolute Gasteiger partial charge is 0.302 e. The summed E-state index contributed by atoms with van der Waals surface area (Å²) in [5.74, 6) is -0.197. The molecular weight excluding hydrogens is 498 g/mol. The Morgan fingerprint density at radius 1 is 0.944 bits per heavy atom. The number of rotatable bonds is 11. The molecule has 3 rings (SSSR count). The molecule has 10 heteroatoms. The van der Waals surface area contributed by atoms with Crippen molar-refractivity contribution in [1.82, 2.24) is 18.5 Å². The quantitative estimate of drug-likeness (QED) is 0.426. The zero-order valence-electron chi connectivity index (χ0n) is 21.5. The van der Waals surface area contributed by atoms with Gasteiger partial charge in [0.25, 0.3) is 0 Å². The Morgan fingerprint density at radius 3 is 2.11 bits per heavy atom. The van der Waals surface area contributed by atoms with Gasteiger partial charge in [-0.15, -0.1) is 0 Å². The van der Waals surface area contributed by atoms with Crippen LogP contribution in [-0.4, -0.2) is 84.5 Å². The van der Waals surface area contributed by atoms with E-state index in [2.05, 4.69) is 10.0 Å². The van der Waals surface area contributed by atoms with Crippen LogP contribution in [0.15, 0.2) is 59.7 Å². The molecule has 0 spiro atoms. The molecule has 1 heterocycles. The number of hydrogen-bond acceptors (Lipinski definition) is 5. The Kier molecular flexibility index (Phi) is 9.90. The van der Waals surface area contributed by atoms with Gasteiger partial charge in [-0.3, -0.25) is 0 Å². The molecule has 0 radical (unpaired) electrons. The lowest BCUT2D eigenvalue weighted by Gasteiger charge is -2.32. The monoisotopic (exact) mass is 533 g/mol. The van der Waals surface area contributed by atoms with Gasteiger partial charge < -0.3 is 4.90 Å². The summed E-state index contributed by atoms with van der Waals surface area (Å²) < 4.78 is 29.4. The second-order valence-electron chi connectivity index (χ2n) is 8.51. The molecule has 1 aliphatic heterocycles. The Balaban J connectivity index is 2.00. The van der Waals surface area contributed by atoms with E-state index in [0.29, 0.717) is 17.3 Å². The van der Waals surface area contributed by atoms with Gasteiger partial charge >= 0.3 is 16.2 Å². The van der Waals surface area contributed by atoms with Gasteiger partial charge in [0.15, 0.2) is 0 Å². The number of urea groups is 1. The number of hydrazone groups is 1. The maximum absolute atomic E-state index is 13.8. The van der Waals surface area contributed by atoms with Crippen LogP contribution in [0.1, 0.15) is 44.7 Å². The number of amides is 2. The topological polar surface area (TPSA) is 76.5 Å². The fourth-order valence-corrected chi connectivity index (χ4v) is 6.01. The van der Waals surface area contributed by atoms with E-state index in [1.165, 1.54) is 9.31 Å². The van der Waals surface area contributed by atoms with Crippen molar-refractivity contribution in [1.29, 1.82) is 0 Å². The Morgan fingerprint density at radius 2 is 1.56 bits per heavy atom. The molecule has 0 bridgehead atoms. The third kappa shape index (κ3) is 6.26. The molecule has 1 atom stereocenters. The standard InChI is InChI=1S/C26H36ClN5O3S/c1-5-29(6-2)18-19-32(36(34,35)30(7-3)8-4)26(33)31-20-24(21-12-10-9-11-13-21)25(28-31)22-14-16-23(27)17-15-22/h9-17,24H,5-8,18-20H2,1-4H3. The van der Waals surface area contributed by atoms with Crippen molar-refractivity contribution in [3.05, 3.63) is 70.7 Å². The van der Waals surface area contributed by atoms with E-state index >= 15 is 0 Å². The van der Waals surface area contributed by atoms with E-state index in [1.54, 1.807) is 26.0 Å². The molecule has 36 heavy (non-hydrogen) atoms. The summed E-state index contributed by atoms with van der Waals surface area (Å²) in [5, 5.41) is 6.58. The van der Waals surface area contributed by atoms with Crippen LogP contribution in [0.2, 0.25) is 5.02 Å². The number of halogens is 1. The lowest BCUT2D eigenvalue weighted by atomic mass is 9.91. The van der Waals surface area contributed by atoms with Crippen LogP contribution >= 0.6 is 11.6 Å². The Labute approximate surface area is 220 Å². The summed E-state index contributed by atoms with van der Waals surface area (Å²) in [5.41, 5.74) is 2.54. The van der Waals surface area contributed by atoms with Crippen LogP contribution in [0.3, 0.4) is 0 Å². The van der Waals surface area contributed by atoms with Crippen molar-refractivity contribution in [3.8, 4) is 0 Å². The van der Waals surface area contributed by atoms with Gasteiger partial charge in [0.2, 0.25) is 0 Å². The molecule has 0 saturated heterocycles. The molecule has 0 aliphatic carbocycles. The highest BCUT2D eigenvalue weighted by atomic mass is 35.5. The van der Waals surface area contributed by atoms with E-state index in [4.69, 9.17) is 11.6 Å². The molecule has 0 fully saturated rings. The first-order valence-electron chi connectivity index (χ1n) is 12.5. The van der Waals surface area contributed by atoms with Crippen molar-refractivity contribution in [2.24, 2.45) is 5.10 Å². The van der Waals surface area contributed by atoms with Gasteiger partial charge in [-0.25, -0.2) is 14.1 Å². The predicted octanol–water partition coefficient (Wildman–Crippen LogP) is 4.49. The van der Waals surface area contributed by atoms with Crippen LogP contribution in [0.5, 0.6) is 0 Å². The fraction of sp³-hybridized carbons (Fsp3) is 0.462. The zero-order valence-corrected chi connectivity index (χ0v) is 23.0. The van der Waals surface area contributed by atoms with Crippen molar-refractivity contribution in [3.63, 3.8) is 0 Å². The Hall–Kier alpha value is -2.46. The summed E-state index contributed by atoms with van der Waals surface area (Å²) in [6.45, 7) is 10.4. The zero-order chi connectivity index (χ0) is 26.3. The molecule has 0 aromatic heterocycles. The molecule has 1 aliphatic rings. The van der Waals surface area contributed by atoms with Crippen LogP contribution in [0.25, 0.3) is 0 Å². The van der Waals surface area contributed by atoms with E-state index in [-0.39, 0.29) is 32.1 Å². The van der Waals surface area contributed by atoms with Crippen molar-refractivity contribution in [2.75, 3.05) is 45.8 Å². The number of carbonyl (C=O) groups excluding carboxylic acids is 1. The van der Waals surface area contributed by atoms with Gasteiger partial charge in [-0.1, -0.05) is 81.8 Å². The normalized spacial score (nSPS) is 16.0. The first-order chi connectivity index (χ1) is 17.3. The first-order valence-corrected chi connectivity index (χ1v) is 14.2. The molecule has 196 valence electrons. The average molecular weight is 534 g/mol. The number of benzene rings is 2. The molecule has 2 aromatic rings. The second-order valence-corrected chi connectivity index (χ2v) is 10.8. The van der Waals surface area contributed by atoms with Gasteiger partial charge in [0.1, 0.15) is 0 Å². The maximum atomic E-state index is 13.8. The van der Waals surface area contributed by atoms with Gasteiger partial charge in [-0.2, -0.15) is 17.8 Å². The van der Waals surface area contributed by atoms with Gasteiger partial charge in [0.05, 0.1) is 18.8 Å². The van der Waals surface area contributed by atoms with E-state index in [9.17, 15) is 13.2 Å². The highest BCUT2D eigenvalue weighted by molar-refractivity contribution is 7.87. The van der Waals surface area contributed by atoms with E-state index in [0.717, 1.165) is 28.5 Å². The fourth-order valence-electron chi connectivity index (χ4n) is 4.35. The van der Waals surface area contributed by atoms with Gasteiger partial charge in [0, 0.05) is 30.6 Å². The van der Waals surface area contributed by atoms with Crippen LogP contribution in [0, 0.1) is 0 Å². The maximum Gasteiger partial charge on any atom is 0.355 e. The summed E-state index contributed by atoms with van der Waals surface area (Å²) in [6.07, 6.45) is 0. The highest BCUT2D eigenvalue weighted by Gasteiger charge is 2.39. The van der Waals surface area contributed by atoms with E-state index in [1.807, 2.05) is 56.3 Å². The molecule has 8 nitrogen and oxygen atoms in total. The molecule has 2 aromatic carbocycles. The third-order valence-electron chi connectivity index (χ3n) is 6.51. The van der Waals surface area contributed by atoms with Gasteiger partial charge in [-0.05, 0) is 36.3 Å². The average Bonchev–Trinajstić information content (AvgIpc) is 3.33. The minimum atomic E-state index is -4.02. The molecule has 1 unspecified atom stereocenters. The first kappa shape index (κ1) is 28.1. The lowest BCUT2D eigenvalue weighted by molar-refractivity contribution is 0.175. The predicted molar refractivity (Wildman–Crippen MR) is 146 cm³/mol. The molecule has 0 saturated carbocycles. The van der Waals surface area contributed by atoms with Crippen molar-refractivity contribution in [2.45, 2.75) is 33.6 Å². The minimum Gasteiger partial charge on any atom is -0.302 e. The summed E-state index contributed by atoms with van der Waals surface area (Å²) >= 11 is 6.10. The highest BCUT2D eigenvalue weighted by Crippen LogP contribution is 2.30. The van der Waals surface area contributed by atoms with Crippen molar-refractivity contribution < 1.29 is 13.2 Å². The van der Waals surface area contributed by atoms with E-state index < -0.39 is 16.2 Å². The third-order valence-corrected chi connectivity index (χ3v) is 8.83. The van der Waals surface area contributed by atoms with Crippen molar-refractivity contribution >= 4 is 33.6 Å². The SMILES string of the molecule is CCN(CC)CCN(C(=O)N1CC(c2ccccc2)C(c2ccc(Cl)cc2)=N1)S(=O)(=O)N(CC)CC. The van der Waals surface area contributed by atoms with Crippen LogP contribution < -0.4 is 0 Å². The van der Waals surface area contributed by atoms with Crippen LogP contribution in [0.4, 0.5) is 4.79 Å². The lowest BCUT2D eigenvalue weighted by Crippen LogP contribution is -2.52.